The number of nitrogens with one attached hydrogen (secondary N) is 1. The number of imide groups is 2. The van der Waals surface area contributed by atoms with Gasteiger partial charge in [-0.1, -0.05) is 61.5 Å². The van der Waals surface area contributed by atoms with Crippen LogP contribution in [-0.2, 0) is 9.59 Å². The fourth-order valence-corrected chi connectivity index (χ4v) is 8.24. The van der Waals surface area contributed by atoms with Gasteiger partial charge in [-0.25, -0.2) is 13.2 Å². The fourth-order valence-electron chi connectivity index (χ4n) is 8.24. The predicted molar refractivity (Wildman–Crippen MR) is 223 cm³/mol. The summed E-state index contributed by atoms with van der Waals surface area (Å²) in [4.78, 5) is 53.0. The van der Waals surface area contributed by atoms with Crippen molar-refractivity contribution in [1.82, 2.24) is 20.0 Å². The highest BCUT2D eigenvalue weighted by molar-refractivity contribution is 6.24. The number of carbonyl (C=O) groups excluding carboxylic acids is 4. The lowest BCUT2D eigenvalue weighted by atomic mass is 9.88. The molecular formula is C47H48F3N5O6. The van der Waals surface area contributed by atoms with Gasteiger partial charge in [0.05, 0.1) is 16.6 Å². The number of carbonyl (C=O) groups is 4. The number of aromatic hydroxyl groups is 1. The summed E-state index contributed by atoms with van der Waals surface area (Å²) in [6, 6.07) is 23.1. The number of allylic oxidation sites excluding steroid dienone is 1. The van der Waals surface area contributed by atoms with Crippen molar-refractivity contribution in [2.45, 2.75) is 45.1 Å². The molecular weight excluding hydrogens is 788 g/mol. The molecule has 4 amide bonds. The van der Waals surface area contributed by atoms with E-state index in [1.54, 1.807) is 12.1 Å². The smallest absolute Gasteiger partial charge is 0.265 e. The molecule has 1 atom stereocenters. The number of hydrogen-bond acceptors (Lipinski definition) is 9. The van der Waals surface area contributed by atoms with Gasteiger partial charge in [0.15, 0.2) is 17.5 Å². The topological polar surface area (TPSA) is 123 Å². The van der Waals surface area contributed by atoms with Gasteiger partial charge in [-0.15, -0.1) is 0 Å². The maximum Gasteiger partial charge on any atom is 0.265 e. The number of fused-ring (bicyclic) bond motifs is 1. The summed E-state index contributed by atoms with van der Waals surface area (Å²) in [7, 11) is 0. The van der Waals surface area contributed by atoms with E-state index < -0.39 is 114 Å². The molecule has 0 bridgehead atoms. The highest BCUT2D eigenvalue weighted by Gasteiger charge is 2.49. The van der Waals surface area contributed by atoms with Gasteiger partial charge in [0.2, 0.25) is 11.8 Å². The molecule has 0 radical (unpaired) electrons. The first-order valence-corrected chi connectivity index (χ1v) is 20.1. The van der Waals surface area contributed by atoms with Crippen molar-refractivity contribution in [3.63, 3.8) is 0 Å². The number of ether oxygens (including phenoxy) is 1. The van der Waals surface area contributed by atoms with Gasteiger partial charge in [0.1, 0.15) is 29.8 Å². The summed E-state index contributed by atoms with van der Waals surface area (Å²) < 4.78 is 126. The summed E-state index contributed by atoms with van der Waals surface area (Å²) in [5, 5.41) is 11.9. The standard InChI is InChI=1S/C47H48F3N5O6/c1-2-35(30-6-4-3-5-7-30)38(31-8-12-33(56)13-9-31)32-10-14-34(15-11-32)61-27-26-52-20-18-29(19-21-52)28-53-22-24-54(25-23-53)44-42(49)40-39(41(48)43(44)50)46(59)55(47(40)60)36-16-17-37(57)51-45(36)58/h3-15,29,36,56H,2,16-28H2,1H3,(H,51,57,58)/i22D2,23D2,24D2,25D2. The molecule has 4 aromatic carbocycles. The van der Waals surface area contributed by atoms with E-state index in [0.29, 0.717) is 49.7 Å². The fraction of sp³-hybridized carbons (Fsp3) is 0.362. The van der Waals surface area contributed by atoms with Crippen LogP contribution in [0.25, 0.3) is 11.1 Å². The van der Waals surface area contributed by atoms with E-state index in [2.05, 4.69) is 24.0 Å². The molecule has 3 saturated heterocycles. The Balaban J connectivity index is 0.941. The number of anilines is 1. The minimum atomic E-state index is -3.88. The average Bonchev–Trinajstić information content (AvgIpc) is 3.57. The van der Waals surface area contributed by atoms with Crippen LogP contribution in [-0.4, -0.2) is 108 Å². The third kappa shape index (κ3) is 8.51. The van der Waals surface area contributed by atoms with Crippen molar-refractivity contribution in [2.24, 2.45) is 5.92 Å². The molecule has 0 aromatic heterocycles. The van der Waals surface area contributed by atoms with E-state index in [1.807, 2.05) is 59.9 Å². The molecule has 2 N–H and O–H groups in total. The van der Waals surface area contributed by atoms with Crippen molar-refractivity contribution >= 4 is 40.5 Å². The number of likely N-dealkylation sites (tertiary alicyclic amines) is 1. The lowest BCUT2D eigenvalue weighted by Gasteiger charge is -2.39. The van der Waals surface area contributed by atoms with Crippen LogP contribution in [0, 0.1) is 23.4 Å². The van der Waals surface area contributed by atoms with Crippen LogP contribution in [0.3, 0.4) is 0 Å². The Hall–Kier alpha value is -5.99. The van der Waals surface area contributed by atoms with Gasteiger partial charge in [0.25, 0.3) is 11.8 Å². The predicted octanol–water partition coefficient (Wildman–Crippen LogP) is 6.49. The minimum Gasteiger partial charge on any atom is -0.508 e. The summed E-state index contributed by atoms with van der Waals surface area (Å²) in [5.74, 6) is -11.8. The number of halogens is 3. The van der Waals surface area contributed by atoms with Crippen molar-refractivity contribution in [2.75, 3.05) is 63.7 Å². The monoisotopic (exact) mass is 843 g/mol. The number of piperazine rings is 1. The first-order valence-electron chi connectivity index (χ1n) is 24.1. The highest BCUT2D eigenvalue weighted by Crippen LogP contribution is 2.39. The Morgan fingerprint density at radius 2 is 1.39 bits per heavy atom. The van der Waals surface area contributed by atoms with Crippen LogP contribution in [0.2, 0.25) is 0 Å². The molecule has 8 rings (SSSR count). The molecule has 3 fully saturated rings. The molecule has 318 valence electrons. The molecule has 0 saturated carbocycles. The first kappa shape index (κ1) is 32.7. The SMILES string of the molecule is [2H]C1([2H])N(CC2CCN(CCOc3ccc(C(=C(CC)c4ccccc4)c4ccc(O)cc4)cc3)CC2)C([2H])([2H])C([2H])([2H])N(c2c(F)c(F)c3c(c2F)C(=O)N(C2CCC(=O)NC2=O)C3=O)C1([2H])[2H]. The van der Waals surface area contributed by atoms with E-state index in [9.17, 15) is 24.3 Å². The maximum absolute atomic E-state index is 16.6. The van der Waals surface area contributed by atoms with E-state index in [4.69, 9.17) is 15.7 Å². The molecule has 4 aliphatic rings. The Morgan fingerprint density at radius 3 is 2.02 bits per heavy atom. The van der Waals surface area contributed by atoms with Gasteiger partial charge in [-0.2, -0.15) is 0 Å². The summed E-state index contributed by atoms with van der Waals surface area (Å²) >= 11 is 0. The zero-order valence-corrected chi connectivity index (χ0v) is 33.1. The van der Waals surface area contributed by atoms with Crippen molar-refractivity contribution in [3.8, 4) is 11.5 Å². The van der Waals surface area contributed by atoms with Crippen LogP contribution in [0.4, 0.5) is 18.9 Å². The van der Waals surface area contributed by atoms with Crippen molar-refractivity contribution in [1.29, 1.82) is 0 Å². The zero-order chi connectivity index (χ0) is 50.0. The molecule has 4 aliphatic heterocycles. The number of piperidine rings is 2. The Morgan fingerprint density at radius 1 is 0.770 bits per heavy atom. The van der Waals surface area contributed by atoms with Crippen LogP contribution in [0.15, 0.2) is 78.9 Å². The van der Waals surface area contributed by atoms with Gasteiger partial charge in [-0.05, 0) is 96.8 Å². The van der Waals surface area contributed by atoms with Gasteiger partial charge in [-0.3, -0.25) is 39.2 Å². The molecule has 1 unspecified atom stereocenters. The number of phenolic OH excluding ortho intramolecular Hbond substituents is 1. The molecule has 4 aromatic rings. The lowest BCUT2D eigenvalue weighted by molar-refractivity contribution is -0.136. The number of amides is 4. The van der Waals surface area contributed by atoms with E-state index in [-0.39, 0.29) is 17.1 Å². The Kier molecular flexibility index (Phi) is 9.62. The lowest BCUT2D eigenvalue weighted by Crippen LogP contribution is -2.54. The average molecular weight is 844 g/mol. The summed E-state index contributed by atoms with van der Waals surface area (Å²) in [6.45, 7) is -11.7. The van der Waals surface area contributed by atoms with Crippen LogP contribution in [0.5, 0.6) is 11.5 Å². The number of nitrogens with zero attached hydrogens (tertiary/aromatic N) is 4. The number of hydrogen-bond donors (Lipinski definition) is 2. The Labute approximate surface area is 363 Å². The molecule has 0 aliphatic carbocycles. The second kappa shape index (κ2) is 17.9. The second-order valence-electron chi connectivity index (χ2n) is 15.2. The number of benzene rings is 4. The van der Waals surface area contributed by atoms with Crippen molar-refractivity contribution in [3.05, 3.63) is 124 Å². The summed E-state index contributed by atoms with van der Waals surface area (Å²) in [6.07, 6.45) is 0.640. The molecule has 61 heavy (non-hydrogen) atoms. The van der Waals surface area contributed by atoms with Gasteiger partial charge in [0, 0.05) is 51.0 Å². The van der Waals surface area contributed by atoms with Crippen LogP contribution < -0.4 is 15.0 Å². The van der Waals surface area contributed by atoms with E-state index >= 15 is 13.2 Å². The second-order valence-corrected chi connectivity index (χ2v) is 15.2. The maximum atomic E-state index is 16.6. The van der Waals surface area contributed by atoms with Gasteiger partial charge >= 0.3 is 0 Å². The molecule has 4 heterocycles. The molecule has 14 heteroatoms. The van der Waals surface area contributed by atoms with Gasteiger partial charge < -0.3 is 14.7 Å². The number of rotatable bonds is 12. The quantitative estimate of drug-likeness (QED) is 0.0937. The normalized spacial score (nSPS) is 24.8. The third-order valence-electron chi connectivity index (χ3n) is 11.4. The van der Waals surface area contributed by atoms with E-state index in [1.165, 1.54) is 0 Å². The number of phenols is 1. The highest BCUT2D eigenvalue weighted by atomic mass is 19.2. The zero-order valence-electron chi connectivity index (χ0n) is 41.1. The van der Waals surface area contributed by atoms with Crippen LogP contribution >= 0.6 is 0 Å². The minimum absolute atomic E-state index is 0.113. The van der Waals surface area contributed by atoms with Crippen LogP contribution in [0.1, 0.15) is 87.4 Å². The molecule has 0 spiro atoms. The van der Waals surface area contributed by atoms with Crippen molar-refractivity contribution < 1.29 is 53.2 Å². The largest absolute Gasteiger partial charge is 0.508 e. The molecule has 11 nitrogen and oxygen atoms in total. The first-order chi connectivity index (χ1) is 32.5. The van der Waals surface area contributed by atoms with E-state index in [0.717, 1.165) is 34.3 Å². The summed E-state index contributed by atoms with van der Waals surface area (Å²) in [5.41, 5.74) is 0.162. The third-order valence-corrected chi connectivity index (χ3v) is 11.4. The Bertz CT molecular complexity index is 2700.